The Bertz CT molecular complexity index is 1730. The van der Waals surface area contributed by atoms with Gasteiger partial charge in [-0.3, -0.25) is 9.78 Å². The van der Waals surface area contributed by atoms with E-state index in [0.29, 0.717) is 29.7 Å². The van der Waals surface area contributed by atoms with Crippen LogP contribution in [0.15, 0.2) is 30.6 Å². The predicted octanol–water partition coefficient (Wildman–Crippen LogP) is 4.98. The fourth-order valence-electron chi connectivity index (χ4n) is 7.31. The number of anilines is 3. The third kappa shape index (κ3) is 5.91. The van der Waals surface area contributed by atoms with Crippen molar-refractivity contribution >= 4 is 39.5 Å². The van der Waals surface area contributed by atoms with Crippen molar-refractivity contribution in [1.82, 2.24) is 35.1 Å². The Kier molecular flexibility index (Phi) is 7.99. The predicted molar refractivity (Wildman–Crippen MR) is 175 cm³/mol. The van der Waals surface area contributed by atoms with E-state index in [4.69, 9.17) is 10.1 Å². The van der Waals surface area contributed by atoms with Crippen molar-refractivity contribution in [2.24, 2.45) is 17.8 Å². The maximum Gasteiger partial charge on any atom is 0.241 e. The van der Waals surface area contributed by atoms with Crippen molar-refractivity contribution in [3.05, 3.63) is 30.6 Å². The van der Waals surface area contributed by atoms with Gasteiger partial charge in [0.05, 0.1) is 34.7 Å². The standard InChI is InChI=1S/C32H39N11OS/c1-18-6-4-5-7-25(18)38-31-35-14-23-10-11-28(43(23)41-31)27-12-26(36-19(2)13-33)24(15-34-27)30-39-40-32(45-30)42-16-21-8-9-22(17-42)29(21)37-20(3)44/h10-12,14-15,18-19,21-22,25,29H,4-9,16-17H2,1-3H3,(H,34,36)(H,37,44)(H,38,41)/t18-,19+,21-,22+,25+,29?/m0/s1. The second-order valence-electron chi connectivity index (χ2n) is 12.9. The number of carbonyl (C=O) groups excluding carboxylic acids is 1. The number of hydrogen-bond acceptors (Lipinski definition) is 11. The quantitative estimate of drug-likeness (QED) is 0.245. The minimum atomic E-state index is -0.422. The van der Waals surface area contributed by atoms with Gasteiger partial charge < -0.3 is 20.9 Å². The molecule has 45 heavy (non-hydrogen) atoms. The van der Waals surface area contributed by atoms with Crippen molar-refractivity contribution in [3.8, 4) is 28.0 Å². The first-order valence-electron chi connectivity index (χ1n) is 16.0. The molecule has 3 aliphatic rings. The lowest BCUT2D eigenvalue weighted by Gasteiger charge is -2.37. The lowest BCUT2D eigenvalue weighted by molar-refractivity contribution is -0.120. The zero-order valence-electron chi connectivity index (χ0n) is 25.9. The fourth-order valence-corrected chi connectivity index (χ4v) is 8.20. The van der Waals surface area contributed by atoms with Crippen LogP contribution in [0.2, 0.25) is 0 Å². The molecule has 1 aliphatic heterocycles. The molecule has 3 fully saturated rings. The number of amides is 1. The minimum absolute atomic E-state index is 0.0397. The van der Waals surface area contributed by atoms with Crippen LogP contribution in [-0.2, 0) is 4.79 Å². The molecule has 1 amide bonds. The Morgan fingerprint density at radius 3 is 2.64 bits per heavy atom. The van der Waals surface area contributed by atoms with Gasteiger partial charge in [0.25, 0.3) is 0 Å². The summed E-state index contributed by atoms with van der Waals surface area (Å²) in [6, 6.07) is 8.41. The highest BCUT2D eigenvalue weighted by Crippen LogP contribution is 2.41. The minimum Gasteiger partial charge on any atom is -0.369 e. The maximum atomic E-state index is 11.7. The van der Waals surface area contributed by atoms with E-state index in [1.165, 1.54) is 30.6 Å². The second-order valence-corrected chi connectivity index (χ2v) is 13.8. The first-order valence-corrected chi connectivity index (χ1v) is 16.8. The van der Waals surface area contributed by atoms with Crippen LogP contribution in [-0.4, -0.2) is 66.9 Å². The molecule has 2 saturated carbocycles. The second kappa shape index (κ2) is 12.2. The largest absolute Gasteiger partial charge is 0.369 e. The molecule has 3 N–H and O–H groups in total. The molecular weight excluding hydrogens is 586 g/mol. The fraction of sp³-hybridized carbons (Fsp3) is 0.531. The first-order chi connectivity index (χ1) is 21.9. The summed E-state index contributed by atoms with van der Waals surface area (Å²) in [4.78, 5) is 23.5. The van der Waals surface area contributed by atoms with E-state index in [-0.39, 0.29) is 11.9 Å². The number of nitrogens with one attached hydrogen (secondary N) is 3. The third-order valence-corrected chi connectivity index (χ3v) is 10.7. The van der Waals surface area contributed by atoms with Crippen LogP contribution in [0.4, 0.5) is 16.8 Å². The molecule has 13 heteroatoms. The third-order valence-electron chi connectivity index (χ3n) is 9.68. The smallest absolute Gasteiger partial charge is 0.241 e. The highest BCUT2D eigenvalue weighted by Gasteiger charge is 2.43. The van der Waals surface area contributed by atoms with E-state index in [0.717, 1.165) is 70.6 Å². The van der Waals surface area contributed by atoms with Crippen LogP contribution in [0.1, 0.15) is 59.3 Å². The number of nitriles is 1. The number of rotatable bonds is 8. The van der Waals surface area contributed by atoms with Gasteiger partial charge >= 0.3 is 0 Å². The number of hydrogen-bond donors (Lipinski definition) is 3. The van der Waals surface area contributed by atoms with Gasteiger partial charge in [-0.2, -0.15) is 5.26 Å². The molecule has 1 unspecified atom stereocenters. The highest BCUT2D eigenvalue weighted by molar-refractivity contribution is 7.18. The summed E-state index contributed by atoms with van der Waals surface area (Å²) >= 11 is 1.53. The zero-order valence-corrected chi connectivity index (χ0v) is 26.7. The molecule has 0 spiro atoms. The molecule has 0 radical (unpaired) electrons. The Morgan fingerprint density at radius 1 is 1.09 bits per heavy atom. The Balaban J connectivity index is 1.16. The molecule has 2 aliphatic carbocycles. The molecule has 7 rings (SSSR count). The van der Waals surface area contributed by atoms with Crippen LogP contribution < -0.4 is 20.9 Å². The Morgan fingerprint density at radius 2 is 1.89 bits per heavy atom. The molecule has 2 bridgehead atoms. The van der Waals surface area contributed by atoms with Crippen LogP contribution in [0.25, 0.3) is 27.5 Å². The summed E-state index contributed by atoms with van der Waals surface area (Å²) in [5.74, 6) is 2.06. The molecule has 234 valence electrons. The van der Waals surface area contributed by atoms with Gasteiger partial charge in [0.1, 0.15) is 6.04 Å². The molecule has 4 aromatic rings. The van der Waals surface area contributed by atoms with Gasteiger partial charge in [-0.25, -0.2) is 9.50 Å². The molecule has 4 aromatic heterocycles. The van der Waals surface area contributed by atoms with Crippen molar-refractivity contribution in [1.29, 1.82) is 5.26 Å². The molecule has 5 heterocycles. The van der Waals surface area contributed by atoms with Crippen molar-refractivity contribution < 1.29 is 4.79 Å². The average Bonchev–Trinajstić information content (AvgIpc) is 3.74. The SMILES string of the molecule is CC(=O)NC1[C@@H]2CC[C@H]1CN(c1nnc(-c3cnc(-c4ccc5cnc(N[C@@H]6CCCC[C@@H]6C)nn45)cc3N[C@H](C)C#N)s1)C2. The van der Waals surface area contributed by atoms with E-state index >= 15 is 0 Å². The molecule has 1 saturated heterocycles. The summed E-state index contributed by atoms with van der Waals surface area (Å²) < 4.78 is 1.88. The molecule has 12 nitrogen and oxygen atoms in total. The summed E-state index contributed by atoms with van der Waals surface area (Å²) in [6.45, 7) is 7.42. The molecule has 0 aromatic carbocycles. The van der Waals surface area contributed by atoms with Crippen LogP contribution in [0.3, 0.4) is 0 Å². The number of piperidine rings is 1. The maximum absolute atomic E-state index is 11.7. The number of fused-ring (bicyclic) bond motifs is 3. The zero-order chi connectivity index (χ0) is 31.1. The lowest BCUT2D eigenvalue weighted by Crippen LogP contribution is -2.52. The van der Waals surface area contributed by atoms with E-state index < -0.39 is 6.04 Å². The van der Waals surface area contributed by atoms with E-state index in [9.17, 15) is 10.1 Å². The number of carbonyl (C=O) groups is 1. The highest BCUT2D eigenvalue weighted by atomic mass is 32.1. The molecular formula is C32H39N11OS. The summed E-state index contributed by atoms with van der Waals surface area (Å²) in [6.07, 6.45) is 10.7. The van der Waals surface area contributed by atoms with Gasteiger partial charge in [0.2, 0.25) is 17.0 Å². The van der Waals surface area contributed by atoms with Crippen molar-refractivity contribution in [2.75, 3.05) is 28.6 Å². The summed E-state index contributed by atoms with van der Waals surface area (Å²) in [5, 5.41) is 35.3. The van der Waals surface area contributed by atoms with Gasteiger partial charge in [-0.15, -0.1) is 15.3 Å². The van der Waals surface area contributed by atoms with E-state index in [1.54, 1.807) is 6.92 Å². The van der Waals surface area contributed by atoms with Gasteiger partial charge in [-0.1, -0.05) is 31.1 Å². The van der Waals surface area contributed by atoms with Crippen molar-refractivity contribution in [2.45, 2.75) is 77.4 Å². The normalized spacial score (nSPS) is 25.1. The van der Waals surface area contributed by atoms with E-state index in [2.05, 4.69) is 49.0 Å². The molecule has 6 atom stereocenters. The summed E-state index contributed by atoms with van der Waals surface area (Å²) in [5.41, 5.74) is 4.00. The first kappa shape index (κ1) is 29.4. The summed E-state index contributed by atoms with van der Waals surface area (Å²) in [7, 11) is 0. The Hall–Kier alpha value is -4.31. The van der Waals surface area contributed by atoms with Crippen LogP contribution in [0.5, 0.6) is 0 Å². The number of pyridine rings is 1. The van der Waals surface area contributed by atoms with Gasteiger partial charge in [0, 0.05) is 44.0 Å². The van der Waals surface area contributed by atoms with Crippen molar-refractivity contribution in [3.63, 3.8) is 0 Å². The van der Waals surface area contributed by atoms with Crippen LogP contribution >= 0.6 is 11.3 Å². The lowest BCUT2D eigenvalue weighted by atomic mass is 9.86. The van der Waals surface area contributed by atoms with Gasteiger partial charge in [0.15, 0.2) is 5.01 Å². The number of nitrogens with zero attached hydrogens (tertiary/aromatic N) is 8. The monoisotopic (exact) mass is 625 g/mol. The average molecular weight is 626 g/mol. The van der Waals surface area contributed by atoms with Gasteiger partial charge in [-0.05, 0) is 68.6 Å². The number of aromatic nitrogens is 6. The van der Waals surface area contributed by atoms with Crippen LogP contribution in [0, 0.1) is 29.1 Å². The topological polar surface area (TPSA) is 149 Å². The Labute approximate surface area is 266 Å². The van der Waals surface area contributed by atoms with E-state index in [1.807, 2.05) is 42.0 Å².